The molecular weight excluding hydrogens is 224 g/mol. The summed E-state index contributed by atoms with van der Waals surface area (Å²) in [4.78, 5) is 7.55. The van der Waals surface area contributed by atoms with Gasteiger partial charge in [0, 0.05) is 0 Å². The van der Waals surface area contributed by atoms with Crippen LogP contribution in [0.1, 0.15) is 6.92 Å². The van der Waals surface area contributed by atoms with Crippen LogP contribution in [-0.2, 0) is 0 Å². The van der Waals surface area contributed by atoms with Crippen LogP contribution in [0.15, 0.2) is 34.6 Å². The number of imidazole rings is 1. The number of amidine groups is 1. The average molecular weight is 236 g/mol. The lowest BCUT2D eigenvalue weighted by Crippen LogP contribution is -2.23. The zero-order valence-corrected chi connectivity index (χ0v) is 9.53. The Morgan fingerprint density at radius 3 is 3.00 bits per heavy atom. The normalized spacial score (nSPS) is 14.2. The molecule has 0 aliphatic heterocycles. The SMILES string of the molecule is CC(Sc1nc2ccccc2[nH]1)C(N)=NO. The molecule has 84 valence electrons. The van der Waals surface area contributed by atoms with Gasteiger partial charge in [-0.05, 0) is 19.1 Å². The Hall–Kier alpha value is -1.69. The van der Waals surface area contributed by atoms with E-state index in [9.17, 15) is 0 Å². The lowest BCUT2D eigenvalue weighted by molar-refractivity contribution is 0.317. The van der Waals surface area contributed by atoms with E-state index >= 15 is 0 Å². The maximum absolute atomic E-state index is 8.54. The predicted octanol–water partition coefficient (Wildman–Crippen LogP) is 1.79. The van der Waals surface area contributed by atoms with Gasteiger partial charge < -0.3 is 15.9 Å². The van der Waals surface area contributed by atoms with E-state index in [2.05, 4.69) is 15.1 Å². The van der Waals surface area contributed by atoms with Crippen LogP contribution in [0, 0.1) is 0 Å². The second-order valence-electron chi connectivity index (χ2n) is 3.34. The second kappa shape index (κ2) is 4.44. The van der Waals surface area contributed by atoms with E-state index in [1.807, 2.05) is 31.2 Å². The summed E-state index contributed by atoms with van der Waals surface area (Å²) in [6.45, 7) is 1.85. The Morgan fingerprint density at radius 1 is 1.56 bits per heavy atom. The van der Waals surface area contributed by atoms with E-state index in [1.165, 1.54) is 11.8 Å². The van der Waals surface area contributed by atoms with Gasteiger partial charge >= 0.3 is 0 Å². The molecule has 1 heterocycles. The highest BCUT2D eigenvalue weighted by atomic mass is 32.2. The number of benzene rings is 1. The van der Waals surface area contributed by atoms with Gasteiger partial charge in [0.2, 0.25) is 0 Å². The van der Waals surface area contributed by atoms with Crippen molar-refractivity contribution >= 4 is 28.6 Å². The fourth-order valence-corrected chi connectivity index (χ4v) is 2.12. The number of fused-ring (bicyclic) bond motifs is 1. The van der Waals surface area contributed by atoms with Gasteiger partial charge in [-0.1, -0.05) is 29.1 Å². The first kappa shape index (κ1) is 10.8. The van der Waals surface area contributed by atoms with E-state index in [1.54, 1.807) is 0 Å². The molecule has 1 aromatic carbocycles. The molecule has 0 saturated carbocycles. The molecule has 0 bridgehead atoms. The molecular formula is C10H12N4OS. The highest BCUT2D eigenvalue weighted by Crippen LogP contribution is 2.23. The highest BCUT2D eigenvalue weighted by Gasteiger charge is 2.12. The van der Waals surface area contributed by atoms with Gasteiger partial charge in [-0.15, -0.1) is 0 Å². The van der Waals surface area contributed by atoms with Gasteiger partial charge in [0.25, 0.3) is 0 Å². The molecule has 1 atom stereocenters. The summed E-state index contributed by atoms with van der Waals surface area (Å²) in [5, 5.41) is 12.2. The van der Waals surface area contributed by atoms with E-state index in [-0.39, 0.29) is 11.1 Å². The van der Waals surface area contributed by atoms with Crippen molar-refractivity contribution in [2.75, 3.05) is 0 Å². The molecule has 4 N–H and O–H groups in total. The Balaban J connectivity index is 2.22. The first-order valence-corrected chi connectivity index (χ1v) is 5.67. The van der Waals surface area contributed by atoms with Crippen molar-refractivity contribution in [1.82, 2.24) is 9.97 Å². The summed E-state index contributed by atoms with van der Waals surface area (Å²) in [6, 6.07) is 7.77. The molecule has 5 nitrogen and oxygen atoms in total. The van der Waals surface area contributed by atoms with E-state index in [0.717, 1.165) is 16.2 Å². The summed E-state index contributed by atoms with van der Waals surface area (Å²) in [6.07, 6.45) is 0. The molecule has 1 unspecified atom stereocenters. The van der Waals surface area contributed by atoms with E-state index in [0.29, 0.717) is 0 Å². The van der Waals surface area contributed by atoms with Crippen molar-refractivity contribution in [3.63, 3.8) is 0 Å². The van der Waals surface area contributed by atoms with E-state index < -0.39 is 0 Å². The first-order chi connectivity index (χ1) is 7.70. The number of nitrogens with two attached hydrogens (primary N) is 1. The lowest BCUT2D eigenvalue weighted by Gasteiger charge is -2.05. The third-order valence-electron chi connectivity index (χ3n) is 2.19. The minimum absolute atomic E-state index is 0.120. The minimum Gasteiger partial charge on any atom is -0.409 e. The van der Waals surface area contributed by atoms with Crippen LogP contribution in [0.25, 0.3) is 11.0 Å². The molecule has 16 heavy (non-hydrogen) atoms. The van der Waals surface area contributed by atoms with Crippen LogP contribution in [0.2, 0.25) is 0 Å². The van der Waals surface area contributed by atoms with Crippen molar-refractivity contribution in [1.29, 1.82) is 0 Å². The predicted molar refractivity (Wildman–Crippen MR) is 64.8 cm³/mol. The molecule has 2 aromatic rings. The van der Waals surface area contributed by atoms with Crippen LogP contribution in [0.3, 0.4) is 0 Å². The van der Waals surface area contributed by atoms with Crippen LogP contribution in [-0.4, -0.2) is 26.3 Å². The molecule has 0 aliphatic rings. The number of para-hydroxylation sites is 2. The first-order valence-electron chi connectivity index (χ1n) is 4.79. The number of nitrogens with one attached hydrogen (secondary N) is 1. The largest absolute Gasteiger partial charge is 0.409 e. The number of rotatable bonds is 3. The number of aromatic amines is 1. The molecule has 1 aromatic heterocycles. The third kappa shape index (κ3) is 2.11. The molecule has 0 amide bonds. The number of hydrogen-bond acceptors (Lipinski definition) is 4. The van der Waals surface area contributed by atoms with Gasteiger partial charge in [-0.2, -0.15) is 0 Å². The highest BCUT2D eigenvalue weighted by molar-refractivity contribution is 8.00. The van der Waals surface area contributed by atoms with Crippen molar-refractivity contribution < 1.29 is 5.21 Å². The monoisotopic (exact) mass is 236 g/mol. The number of hydrogen-bond donors (Lipinski definition) is 3. The van der Waals surface area contributed by atoms with Crippen molar-refractivity contribution in [2.24, 2.45) is 10.9 Å². The Kier molecular flexibility index (Phi) is 3.00. The topological polar surface area (TPSA) is 87.3 Å². The number of H-pyrrole nitrogens is 1. The molecule has 0 radical (unpaired) electrons. The van der Waals surface area contributed by atoms with E-state index in [4.69, 9.17) is 10.9 Å². The van der Waals surface area contributed by atoms with Gasteiger partial charge in [0.1, 0.15) is 0 Å². The van der Waals surface area contributed by atoms with Gasteiger partial charge in [-0.3, -0.25) is 0 Å². The molecule has 0 fully saturated rings. The van der Waals surface area contributed by atoms with Gasteiger partial charge in [0.05, 0.1) is 16.3 Å². The quantitative estimate of drug-likeness (QED) is 0.249. The summed E-state index contributed by atoms with van der Waals surface area (Å²) >= 11 is 1.42. The van der Waals surface area contributed by atoms with Gasteiger partial charge in [-0.25, -0.2) is 4.98 Å². The van der Waals surface area contributed by atoms with Gasteiger partial charge in [0.15, 0.2) is 11.0 Å². The third-order valence-corrected chi connectivity index (χ3v) is 3.20. The van der Waals surface area contributed by atoms with Crippen LogP contribution >= 0.6 is 11.8 Å². The number of thioether (sulfide) groups is 1. The lowest BCUT2D eigenvalue weighted by atomic mass is 10.3. The molecule has 0 saturated heterocycles. The Morgan fingerprint density at radius 2 is 2.31 bits per heavy atom. The fourth-order valence-electron chi connectivity index (χ4n) is 1.29. The summed E-state index contributed by atoms with van der Waals surface area (Å²) in [5.41, 5.74) is 7.39. The summed E-state index contributed by atoms with van der Waals surface area (Å²) < 4.78 is 0. The Bertz CT molecular complexity index is 489. The van der Waals surface area contributed by atoms with Crippen LogP contribution < -0.4 is 5.73 Å². The number of oxime groups is 1. The minimum atomic E-state index is -0.120. The molecule has 0 aliphatic carbocycles. The molecule has 2 rings (SSSR count). The van der Waals surface area contributed by atoms with Crippen molar-refractivity contribution in [2.45, 2.75) is 17.3 Å². The molecule has 6 heteroatoms. The average Bonchev–Trinajstić information content (AvgIpc) is 2.69. The van der Waals surface area contributed by atoms with Crippen LogP contribution in [0.4, 0.5) is 0 Å². The summed E-state index contributed by atoms with van der Waals surface area (Å²) in [5.74, 6) is 0.186. The fraction of sp³-hybridized carbons (Fsp3) is 0.200. The van der Waals surface area contributed by atoms with Crippen molar-refractivity contribution in [3.8, 4) is 0 Å². The smallest absolute Gasteiger partial charge is 0.167 e. The van der Waals surface area contributed by atoms with Crippen molar-refractivity contribution in [3.05, 3.63) is 24.3 Å². The maximum Gasteiger partial charge on any atom is 0.167 e. The van der Waals surface area contributed by atoms with Crippen LogP contribution in [0.5, 0.6) is 0 Å². The Labute approximate surface area is 96.7 Å². The maximum atomic E-state index is 8.54. The number of aromatic nitrogens is 2. The molecule has 0 spiro atoms. The summed E-state index contributed by atoms with van der Waals surface area (Å²) in [7, 11) is 0. The zero-order valence-electron chi connectivity index (χ0n) is 8.71. The number of nitrogens with zero attached hydrogens (tertiary/aromatic N) is 2. The zero-order chi connectivity index (χ0) is 11.5. The standard InChI is InChI=1S/C10H12N4OS/c1-6(9(11)14-15)16-10-12-7-4-2-3-5-8(7)13-10/h2-6,15H,1H3,(H2,11,14)(H,12,13). The second-order valence-corrected chi connectivity index (χ2v) is 4.67.